The van der Waals surface area contributed by atoms with Crippen molar-refractivity contribution in [3.8, 4) is 11.5 Å². The first kappa shape index (κ1) is 17.1. The van der Waals surface area contributed by atoms with Gasteiger partial charge in [0, 0.05) is 18.3 Å². The van der Waals surface area contributed by atoms with Crippen molar-refractivity contribution in [2.45, 2.75) is 12.8 Å². The van der Waals surface area contributed by atoms with Crippen molar-refractivity contribution in [2.75, 3.05) is 26.1 Å². The number of rotatable bonds is 7. The van der Waals surface area contributed by atoms with Gasteiger partial charge in [-0.05, 0) is 54.9 Å². The van der Waals surface area contributed by atoms with Crippen LogP contribution in [0.25, 0.3) is 0 Å². The normalized spacial score (nSPS) is 10.0. The lowest BCUT2D eigenvalue weighted by atomic mass is 10.1. The molecule has 0 saturated heterocycles. The van der Waals surface area contributed by atoms with Gasteiger partial charge in [0.15, 0.2) is 5.11 Å². The Hall–Kier alpha value is -2.27. The summed E-state index contributed by atoms with van der Waals surface area (Å²) in [6.07, 6.45) is 2.00. The van der Waals surface area contributed by atoms with E-state index < -0.39 is 0 Å². The van der Waals surface area contributed by atoms with E-state index in [2.05, 4.69) is 22.8 Å². The molecule has 0 aliphatic heterocycles. The minimum Gasteiger partial charge on any atom is -0.497 e. The van der Waals surface area contributed by atoms with Crippen molar-refractivity contribution in [1.29, 1.82) is 0 Å². The maximum absolute atomic E-state index is 5.30. The lowest BCUT2D eigenvalue weighted by Gasteiger charge is -2.11. The molecule has 2 N–H and O–H groups in total. The summed E-state index contributed by atoms with van der Waals surface area (Å²) < 4.78 is 10.3. The summed E-state index contributed by atoms with van der Waals surface area (Å²) in [5, 5.41) is 6.99. The van der Waals surface area contributed by atoms with Gasteiger partial charge in [-0.3, -0.25) is 0 Å². The van der Waals surface area contributed by atoms with Crippen molar-refractivity contribution >= 4 is 23.0 Å². The van der Waals surface area contributed by atoms with E-state index in [4.69, 9.17) is 21.7 Å². The maximum Gasteiger partial charge on any atom is 0.170 e. The van der Waals surface area contributed by atoms with Crippen molar-refractivity contribution < 1.29 is 9.47 Å². The van der Waals surface area contributed by atoms with Gasteiger partial charge in [-0.25, -0.2) is 0 Å². The Balaban J connectivity index is 1.69. The fraction of sp³-hybridized carbons (Fsp3) is 0.278. The fourth-order valence-electron chi connectivity index (χ4n) is 2.16. The molecular formula is C18H22N2O2S. The highest BCUT2D eigenvalue weighted by molar-refractivity contribution is 7.80. The molecule has 2 aromatic carbocycles. The van der Waals surface area contributed by atoms with Gasteiger partial charge in [-0.15, -0.1) is 0 Å². The summed E-state index contributed by atoms with van der Waals surface area (Å²) in [7, 11) is 3.32. The van der Waals surface area contributed by atoms with E-state index in [1.54, 1.807) is 14.2 Å². The third kappa shape index (κ3) is 5.79. The molecule has 0 aliphatic rings. The van der Waals surface area contributed by atoms with Gasteiger partial charge < -0.3 is 20.1 Å². The molecule has 0 spiro atoms. The largest absolute Gasteiger partial charge is 0.497 e. The third-order valence-electron chi connectivity index (χ3n) is 3.41. The Morgan fingerprint density at radius 1 is 1.00 bits per heavy atom. The van der Waals surface area contributed by atoms with Gasteiger partial charge in [-0.2, -0.15) is 0 Å². The first-order chi connectivity index (χ1) is 11.2. The van der Waals surface area contributed by atoms with E-state index in [0.717, 1.165) is 36.6 Å². The zero-order chi connectivity index (χ0) is 16.5. The number of aryl methyl sites for hydroxylation is 1. The van der Waals surface area contributed by atoms with E-state index in [9.17, 15) is 0 Å². The molecule has 5 heteroatoms. The summed E-state index contributed by atoms with van der Waals surface area (Å²) in [6, 6.07) is 15.8. The molecule has 0 heterocycles. The molecule has 0 radical (unpaired) electrons. The van der Waals surface area contributed by atoms with Gasteiger partial charge >= 0.3 is 0 Å². The summed E-state index contributed by atoms with van der Waals surface area (Å²) in [5.41, 5.74) is 2.20. The van der Waals surface area contributed by atoms with Crippen LogP contribution in [-0.4, -0.2) is 25.9 Å². The number of thiocarbonyl (C=S) groups is 1. The van der Waals surface area contributed by atoms with Crippen LogP contribution in [0.3, 0.4) is 0 Å². The Morgan fingerprint density at radius 3 is 2.43 bits per heavy atom. The Kier molecular flexibility index (Phi) is 6.69. The highest BCUT2D eigenvalue weighted by atomic mass is 32.1. The third-order valence-corrected chi connectivity index (χ3v) is 3.66. The van der Waals surface area contributed by atoms with Gasteiger partial charge in [0.25, 0.3) is 0 Å². The van der Waals surface area contributed by atoms with Crippen LogP contribution in [-0.2, 0) is 6.42 Å². The molecule has 0 atom stereocenters. The lowest BCUT2D eigenvalue weighted by Crippen LogP contribution is -2.29. The Bertz CT molecular complexity index is 629. The number of hydrogen-bond donors (Lipinski definition) is 2. The first-order valence-corrected chi connectivity index (χ1v) is 7.94. The maximum atomic E-state index is 5.30. The van der Waals surface area contributed by atoms with Crippen LogP contribution < -0.4 is 20.1 Å². The summed E-state index contributed by atoms with van der Waals surface area (Å²) in [4.78, 5) is 0. The summed E-state index contributed by atoms with van der Waals surface area (Å²) >= 11 is 5.30. The number of methoxy groups -OCH3 is 2. The van der Waals surface area contributed by atoms with Crippen LogP contribution in [0.1, 0.15) is 12.0 Å². The standard InChI is InChI=1S/C18H22N2O2S/c1-21-16-10-8-14(9-11-16)5-4-12-19-18(23)20-15-6-3-7-17(13-15)22-2/h3,6-11,13H,4-5,12H2,1-2H3,(H2,19,20,23). The monoisotopic (exact) mass is 330 g/mol. The quantitative estimate of drug-likeness (QED) is 0.599. The molecule has 0 unspecified atom stereocenters. The second kappa shape index (κ2) is 9.00. The van der Waals surface area contributed by atoms with E-state index in [0.29, 0.717) is 5.11 Å². The number of benzene rings is 2. The predicted octanol–water partition coefficient (Wildman–Crippen LogP) is 3.62. The van der Waals surface area contributed by atoms with Crippen LogP contribution in [0, 0.1) is 0 Å². The minimum absolute atomic E-state index is 0.619. The fourth-order valence-corrected chi connectivity index (χ4v) is 2.38. The molecule has 2 rings (SSSR count). The average Bonchev–Trinajstić information content (AvgIpc) is 2.59. The zero-order valence-electron chi connectivity index (χ0n) is 13.5. The number of anilines is 1. The zero-order valence-corrected chi connectivity index (χ0v) is 14.3. The lowest BCUT2D eigenvalue weighted by molar-refractivity contribution is 0.414. The smallest absolute Gasteiger partial charge is 0.170 e. The Labute approximate surface area is 142 Å². The topological polar surface area (TPSA) is 42.5 Å². The minimum atomic E-state index is 0.619. The van der Waals surface area contributed by atoms with E-state index in [1.165, 1.54) is 5.56 Å². The van der Waals surface area contributed by atoms with E-state index >= 15 is 0 Å². The van der Waals surface area contributed by atoms with E-state index in [-0.39, 0.29) is 0 Å². The van der Waals surface area contributed by atoms with Gasteiger partial charge in [0.1, 0.15) is 11.5 Å². The molecule has 0 fully saturated rings. The van der Waals surface area contributed by atoms with Crippen LogP contribution >= 0.6 is 12.2 Å². The van der Waals surface area contributed by atoms with Crippen molar-refractivity contribution in [1.82, 2.24) is 5.32 Å². The molecule has 0 amide bonds. The molecule has 23 heavy (non-hydrogen) atoms. The molecule has 2 aromatic rings. The van der Waals surface area contributed by atoms with Crippen LogP contribution in [0.2, 0.25) is 0 Å². The summed E-state index contributed by atoms with van der Waals surface area (Å²) in [6.45, 7) is 0.821. The Morgan fingerprint density at radius 2 is 1.74 bits per heavy atom. The number of ether oxygens (including phenoxy) is 2. The van der Waals surface area contributed by atoms with Crippen LogP contribution in [0.15, 0.2) is 48.5 Å². The molecule has 122 valence electrons. The molecule has 0 bridgehead atoms. The molecule has 4 nitrogen and oxygen atoms in total. The molecular weight excluding hydrogens is 308 g/mol. The highest BCUT2D eigenvalue weighted by Gasteiger charge is 2.00. The van der Waals surface area contributed by atoms with Gasteiger partial charge in [-0.1, -0.05) is 18.2 Å². The van der Waals surface area contributed by atoms with Crippen molar-refractivity contribution in [2.24, 2.45) is 0 Å². The summed E-state index contributed by atoms with van der Waals surface area (Å²) in [5.74, 6) is 1.69. The van der Waals surface area contributed by atoms with Gasteiger partial charge in [0.2, 0.25) is 0 Å². The second-order valence-electron chi connectivity index (χ2n) is 5.06. The van der Waals surface area contributed by atoms with Crippen LogP contribution in [0.5, 0.6) is 11.5 Å². The highest BCUT2D eigenvalue weighted by Crippen LogP contribution is 2.16. The number of nitrogens with one attached hydrogen (secondary N) is 2. The number of hydrogen-bond acceptors (Lipinski definition) is 3. The predicted molar refractivity (Wildman–Crippen MR) is 98.5 cm³/mol. The van der Waals surface area contributed by atoms with Crippen molar-refractivity contribution in [3.05, 3.63) is 54.1 Å². The second-order valence-corrected chi connectivity index (χ2v) is 5.47. The van der Waals surface area contributed by atoms with Crippen LogP contribution in [0.4, 0.5) is 5.69 Å². The molecule has 0 aromatic heterocycles. The van der Waals surface area contributed by atoms with E-state index in [1.807, 2.05) is 36.4 Å². The van der Waals surface area contributed by atoms with Gasteiger partial charge in [0.05, 0.1) is 14.2 Å². The average molecular weight is 330 g/mol. The molecule has 0 aliphatic carbocycles. The molecule has 0 saturated carbocycles. The first-order valence-electron chi connectivity index (χ1n) is 7.53. The SMILES string of the molecule is COc1ccc(CCCNC(=S)Nc2cccc(OC)c2)cc1. The van der Waals surface area contributed by atoms with Crippen molar-refractivity contribution in [3.63, 3.8) is 0 Å².